The average Bonchev–Trinajstić information content (AvgIpc) is 2.19. The van der Waals surface area contributed by atoms with E-state index in [2.05, 4.69) is 42.2 Å². The fourth-order valence-corrected chi connectivity index (χ4v) is 1.72. The highest BCUT2D eigenvalue weighted by molar-refractivity contribution is 5.73. The highest BCUT2D eigenvalue weighted by Gasteiger charge is 2.04. The van der Waals surface area contributed by atoms with E-state index in [0.29, 0.717) is 0 Å². The number of H-pyrrole nitrogens is 1. The molecule has 3 heteroatoms. The van der Waals surface area contributed by atoms with Crippen LogP contribution < -0.4 is 0 Å². The van der Waals surface area contributed by atoms with Gasteiger partial charge in [-0.3, -0.25) is 0 Å². The molecule has 2 rings (SSSR count). The van der Waals surface area contributed by atoms with Gasteiger partial charge >= 0.3 is 0 Å². The molecule has 0 radical (unpaired) electrons. The van der Waals surface area contributed by atoms with E-state index in [9.17, 15) is 0 Å². The number of hydrogen-bond donors (Lipinski definition) is 1. The van der Waals surface area contributed by atoms with Crippen LogP contribution in [0.2, 0.25) is 0 Å². The lowest BCUT2D eigenvalue weighted by Crippen LogP contribution is -2.18. The zero-order chi connectivity index (χ0) is 10.7. The van der Waals surface area contributed by atoms with Crippen molar-refractivity contribution < 1.29 is 4.52 Å². The van der Waals surface area contributed by atoms with Gasteiger partial charge in [-0.15, -0.1) is 0 Å². The molecular weight excluding hydrogens is 188 g/mol. The maximum absolute atomic E-state index is 5.11. The Morgan fingerprint density at radius 1 is 1.40 bits per heavy atom. The van der Waals surface area contributed by atoms with Crippen molar-refractivity contribution in [1.82, 2.24) is 10.1 Å². The van der Waals surface area contributed by atoms with Crippen LogP contribution in [-0.2, 0) is 6.54 Å². The Morgan fingerprint density at radius 2 is 2.27 bits per heavy atom. The van der Waals surface area contributed by atoms with Crippen molar-refractivity contribution in [1.29, 1.82) is 0 Å². The number of fused-ring (bicyclic) bond motifs is 1. The number of rotatable bonds is 5. The minimum absolute atomic E-state index is 0.969. The zero-order valence-corrected chi connectivity index (χ0v) is 9.42. The minimum atomic E-state index is 0.969. The van der Waals surface area contributed by atoms with Gasteiger partial charge in [-0.2, -0.15) is 0 Å². The Balaban J connectivity index is 1.94. The molecule has 0 atom stereocenters. The first-order valence-electron chi connectivity index (χ1n) is 5.54. The van der Waals surface area contributed by atoms with Gasteiger partial charge in [-0.1, -0.05) is 19.4 Å². The molecule has 82 valence electrons. The summed E-state index contributed by atoms with van der Waals surface area (Å²) in [6.45, 7) is 4.38. The molecule has 0 amide bonds. The summed E-state index contributed by atoms with van der Waals surface area (Å²) in [6, 6.07) is 6.33. The van der Waals surface area contributed by atoms with E-state index < -0.39 is 0 Å². The molecule has 1 heterocycles. The number of aromatic nitrogens is 1. The predicted octanol–water partition coefficient (Wildman–Crippen LogP) is 2.99. The maximum Gasteiger partial charge on any atom is 0.181 e. The van der Waals surface area contributed by atoms with Gasteiger partial charge in [0.05, 0.1) is 0 Å². The first kappa shape index (κ1) is 10.3. The SMILES string of the molecule is CCCCN(C)Cc1ccc2[nH]oc2c1. The maximum atomic E-state index is 5.11. The van der Waals surface area contributed by atoms with E-state index >= 15 is 0 Å². The van der Waals surface area contributed by atoms with Gasteiger partial charge in [0.25, 0.3) is 0 Å². The molecule has 1 N–H and O–H groups in total. The monoisotopic (exact) mass is 206 g/mol. The number of benzene rings is 1. The van der Waals surface area contributed by atoms with E-state index in [-0.39, 0.29) is 0 Å². The highest BCUT2D eigenvalue weighted by Crippen LogP contribution is 2.16. The number of aromatic amines is 1. The van der Waals surface area contributed by atoms with Gasteiger partial charge in [-0.05, 0) is 37.7 Å². The van der Waals surface area contributed by atoms with Crippen LogP contribution in [-0.4, -0.2) is 23.6 Å². The first-order chi connectivity index (χ1) is 7.29. The van der Waals surface area contributed by atoms with Crippen LogP contribution in [0.5, 0.6) is 0 Å². The summed E-state index contributed by atoms with van der Waals surface area (Å²) in [5.41, 5.74) is 3.38. The number of nitrogens with zero attached hydrogens (tertiary/aromatic N) is 1. The lowest BCUT2D eigenvalue weighted by molar-refractivity contribution is 0.320. The second-order valence-electron chi connectivity index (χ2n) is 4.13. The molecule has 3 nitrogen and oxygen atoms in total. The standard InChI is InChI=1S/C12H18N2O/c1-3-4-7-14(2)9-10-5-6-11-12(8-10)15-13-11/h5-6,8,13H,3-4,7,9H2,1-2H3. The van der Waals surface area contributed by atoms with E-state index in [0.717, 1.165) is 24.2 Å². The van der Waals surface area contributed by atoms with Crippen LogP contribution in [0.15, 0.2) is 22.7 Å². The van der Waals surface area contributed by atoms with Crippen molar-refractivity contribution >= 4 is 11.1 Å². The van der Waals surface area contributed by atoms with Gasteiger partial charge in [0, 0.05) is 6.54 Å². The summed E-state index contributed by atoms with van der Waals surface area (Å²) in [5, 5.41) is 2.79. The van der Waals surface area contributed by atoms with E-state index in [1.165, 1.54) is 18.4 Å². The molecule has 0 spiro atoms. The predicted molar refractivity (Wildman–Crippen MR) is 61.8 cm³/mol. The van der Waals surface area contributed by atoms with Crippen molar-refractivity contribution in [2.24, 2.45) is 0 Å². The Labute approximate surface area is 90.0 Å². The fraction of sp³-hybridized carbons (Fsp3) is 0.500. The van der Waals surface area contributed by atoms with Crippen LogP contribution in [0.25, 0.3) is 11.1 Å². The van der Waals surface area contributed by atoms with Gasteiger partial charge in [-0.25, -0.2) is 5.16 Å². The van der Waals surface area contributed by atoms with Crippen LogP contribution in [0.4, 0.5) is 0 Å². The Morgan fingerprint density at radius 3 is 2.87 bits per heavy atom. The summed E-state index contributed by atoms with van der Waals surface area (Å²) < 4.78 is 5.11. The highest BCUT2D eigenvalue weighted by atomic mass is 16.5. The number of hydrogen-bond acceptors (Lipinski definition) is 2. The quantitative estimate of drug-likeness (QED) is 0.815. The molecule has 0 unspecified atom stereocenters. The van der Waals surface area contributed by atoms with E-state index in [4.69, 9.17) is 4.52 Å². The van der Waals surface area contributed by atoms with Crippen LogP contribution in [0.1, 0.15) is 25.3 Å². The Kier molecular flexibility index (Phi) is 3.11. The summed E-state index contributed by atoms with van der Waals surface area (Å²) in [5.74, 6) is 0. The Hall–Kier alpha value is -1.22. The molecule has 2 aromatic rings. The average molecular weight is 206 g/mol. The van der Waals surface area contributed by atoms with Crippen molar-refractivity contribution in [3.8, 4) is 0 Å². The van der Waals surface area contributed by atoms with Gasteiger partial charge in [0.1, 0.15) is 5.52 Å². The molecule has 1 aromatic carbocycles. The van der Waals surface area contributed by atoms with Crippen LogP contribution in [0.3, 0.4) is 0 Å². The molecule has 0 aliphatic carbocycles. The number of unbranched alkanes of at least 4 members (excludes halogenated alkanes) is 1. The minimum Gasteiger partial charge on any atom is -0.380 e. The zero-order valence-electron chi connectivity index (χ0n) is 9.42. The normalized spacial score (nSPS) is 11.7. The Bertz CT molecular complexity index is 416. The van der Waals surface area contributed by atoms with Crippen LogP contribution in [0, 0.1) is 0 Å². The molecule has 0 aliphatic rings. The van der Waals surface area contributed by atoms with Crippen molar-refractivity contribution in [3.05, 3.63) is 23.8 Å². The largest absolute Gasteiger partial charge is 0.380 e. The molecule has 0 fully saturated rings. The van der Waals surface area contributed by atoms with Crippen molar-refractivity contribution in [2.45, 2.75) is 26.3 Å². The summed E-state index contributed by atoms with van der Waals surface area (Å²) in [7, 11) is 2.16. The molecule has 1 aromatic heterocycles. The second-order valence-corrected chi connectivity index (χ2v) is 4.13. The third-order valence-corrected chi connectivity index (χ3v) is 2.66. The molecule has 15 heavy (non-hydrogen) atoms. The van der Waals surface area contributed by atoms with Gasteiger partial charge < -0.3 is 9.42 Å². The van der Waals surface area contributed by atoms with Gasteiger partial charge in [0.2, 0.25) is 0 Å². The van der Waals surface area contributed by atoms with Crippen LogP contribution >= 0.6 is 0 Å². The summed E-state index contributed by atoms with van der Waals surface area (Å²) in [4.78, 5) is 2.34. The van der Waals surface area contributed by atoms with E-state index in [1.54, 1.807) is 0 Å². The first-order valence-corrected chi connectivity index (χ1v) is 5.54. The molecule has 0 aliphatic heterocycles. The molecule has 0 saturated heterocycles. The lowest BCUT2D eigenvalue weighted by atomic mass is 10.2. The third kappa shape index (κ3) is 2.42. The second kappa shape index (κ2) is 4.53. The van der Waals surface area contributed by atoms with Crippen molar-refractivity contribution in [2.75, 3.05) is 13.6 Å². The van der Waals surface area contributed by atoms with Crippen molar-refractivity contribution in [3.63, 3.8) is 0 Å². The number of nitrogens with one attached hydrogen (secondary N) is 1. The molecule has 0 saturated carbocycles. The van der Waals surface area contributed by atoms with E-state index in [1.807, 2.05) is 0 Å². The fourth-order valence-electron chi connectivity index (χ4n) is 1.72. The van der Waals surface area contributed by atoms with Gasteiger partial charge in [0.15, 0.2) is 5.58 Å². The molecular formula is C12H18N2O. The topological polar surface area (TPSA) is 32.2 Å². The molecule has 0 bridgehead atoms. The summed E-state index contributed by atoms with van der Waals surface area (Å²) >= 11 is 0. The lowest BCUT2D eigenvalue weighted by Gasteiger charge is -2.16. The smallest absolute Gasteiger partial charge is 0.181 e. The third-order valence-electron chi connectivity index (χ3n) is 2.66. The summed E-state index contributed by atoms with van der Waals surface area (Å²) in [6.07, 6.45) is 2.51.